The Morgan fingerprint density at radius 3 is 2.74 bits per heavy atom. The number of Topliss-reactive ketones (excluding diaryl/α,β-unsaturated/α-hetero) is 1. The van der Waals surface area contributed by atoms with E-state index in [0.717, 1.165) is 18.4 Å². The maximum atomic E-state index is 12.4. The van der Waals surface area contributed by atoms with Crippen molar-refractivity contribution in [2.75, 3.05) is 0 Å². The summed E-state index contributed by atoms with van der Waals surface area (Å²) >= 11 is 0. The predicted octanol–water partition coefficient (Wildman–Crippen LogP) is 4.70. The first kappa shape index (κ1) is 14.0. The molecule has 0 aliphatic heterocycles. The van der Waals surface area contributed by atoms with Crippen molar-refractivity contribution in [2.45, 2.75) is 58.8 Å². The molecule has 1 aromatic rings. The van der Waals surface area contributed by atoms with Gasteiger partial charge >= 0.3 is 0 Å². The molecule has 0 unspecified atom stereocenters. The van der Waals surface area contributed by atoms with Gasteiger partial charge in [0.2, 0.25) is 0 Å². The number of allylic oxidation sites excluding steroid dienone is 2. The zero-order valence-corrected chi connectivity index (χ0v) is 12.2. The molecule has 0 atom stereocenters. The average Bonchev–Trinajstić information content (AvgIpc) is 2.33. The van der Waals surface area contributed by atoms with E-state index in [4.69, 9.17) is 0 Å². The van der Waals surface area contributed by atoms with Gasteiger partial charge in [-0.15, -0.1) is 0 Å². The molecule has 1 aliphatic rings. The van der Waals surface area contributed by atoms with E-state index in [1.807, 2.05) is 0 Å². The monoisotopic (exact) mass is 256 g/mol. The van der Waals surface area contributed by atoms with Crippen LogP contribution in [0.15, 0.2) is 29.8 Å². The molecule has 0 N–H and O–H groups in total. The third kappa shape index (κ3) is 4.05. The Morgan fingerprint density at radius 2 is 1.89 bits per heavy atom. The maximum Gasteiger partial charge on any atom is 0.162 e. The van der Waals surface area contributed by atoms with Crippen LogP contribution in [0, 0.1) is 13.8 Å². The van der Waals surface area contributed by atoms with Crippen molar-refractivity contribution < 1.29 is 4.79 Å². The minimum atomic E-state index is 0.329. The van der Waals surface area contributed by atoms with E-state index in [2.05, 4.69) is 38.1 Å². The molecule has 0 saturated heterocycles. The lowest BCUT2D eigenvalue weighted by Gasteiger charge is -2.12. The van der Waals surface area contributed by atoms with E-state index in [0.29, 0.717) is 12.2 Å². The van der Waals surface area contributed by atoms with Crippen molar-refractivity contribution >= 4 is 5.78 Å². The third-order valence-electron chi connectivity index (χ3n) is 4.00. The van der Waals surface area contributed by atoms with Gasteiger partial charge in [0.1, 0.15) is 0 Å². The van der Waals surface area contributed by atoms with Gasteiger partial charge in [0, 0.05) is 6.42 Å². The van der Waals surface area contributed by atoms with Crippen molar-refractivity contribution in [1.82, 2.24) is 0 Å². The molecule has 0 saturated carbocycles. The number of ketones is 1. The molecule has 102 valence electrons. The summed E-state index contributed by atoms with van der Waals surface area (Å²) in [5.74, 6) is 0.329. The largest absolute Gasteiger partial charge is 0.294 e. The van der Waals surface area contributed by atoms with Crippen LogP contribution in [0.2, 0.25) is 0 Å². The zero-order chi connectivity index (χ0) is 13.7. The van der Waals surface area contributed by atoms with E-state index >= 15 is 0 Å². The minimum absolute atomic E-state index is 0.329. The highest BCUT2D eigenvalue weighted by molar-refractivity contribution is 5.96. The summed E-state index contributed by atoms with van der Waals surface area (Å²) in [5, 5.41) is 0. The number of carbonyl (C=O) groups is 1. The number of hydrogen-bond donors (Lipinski definition) is 0. The first-order valence-corrected chi connectivity index (χ1v) is 7.45. The van der Waals surface area contributed by atoms with E-state index in [-0.39, 0.29) is 0 Å². The van der Waals surface area contributed by atoms with E-state index < -0.39 is 0 Å². The smallest absolute Gasteiger partial charge is 0.162 e. The highest BCUT2D eigenvalue weighted by atomic mass is 16.1. The normalized spacial score (nSPS) is 19.2. The van der Waals surface area contributed by atoms with Gasteiger partial charge in [-0.05, 0) is 56.2 Å². The Kier molecular flexibility index (Phi) is 4.95. The molecular weight excluding hydrogens is 232 g/mol. The molecule has 0 radical (unpaired) electrons. The number of carbonyl (C=O) groups excluding carboxylic acids is 1. The molecule has 0 fully saturated rings. The highest BCUT2D eigenvalue weighted by Gasteiger charge is 2.12. The van der Waals surface area contributed by atoms with Gasteiger partial charge in [-0.2, -0.15) is 0 Å². The molecule has 0 aromatic heterocycles. The molecule has 2 rings (SSSR count). The summed E-state index contributed by atoms with van der Waals surface area (Å²) in [6, 6.07) is 6.37. The Labute approximate surface area is 116 Å². The fourth-order valence-corrected chi connectivity index (χ4v) is 2.72. The molecule has 0 amide bonds. The maximum absolute atomic E-state index is 12.4. The first-order chi connectivity index (χ1) is 9.16. The van der Waals surface area contributed by atoms with Crippen LogP contribution in [-0.2, 0) is 11.2 Å². The number of benzene rings is 1. The molecule has 1 nitrogen and oxygen atoms in total. The lowest BCUT2D eigenvalue weighted by Crippen LogP contribution is -2.09. The van der Waals surface area contributed by atoms with E-state index in [1.165, 1.54) is 42.4 Å². The van der Waals surface area contributed by atoms with Crippen molar-refractivity contribution in [2.24, 2.45) is 0 Å². The third-order valence-corrected chi connectivity index (χ3v) is 4.00. The second kappa shape index (κ2) is 6.70. The summed E-state index contributed by atoms with van der Waals surface area (Å²) in [6.45, 7) is 4.18. The van der Waals surface area contributed by atoms with E-state index in [1.54, 1.807) is 0 Å². The van der Waals surface area contributed by atoms with Crippen LogP contribution in [0.5, 0.6) is 0 Å². The van der Waals surface area contributed by atoms with Gasteiger partial charge in [0.15, 0.2) is 5.78 Å². The molecule has 0 bridgehead atoms. The summed E-state index contributed by atoms with van der Waals surface area (Å²) in [5.41, 5.74) is 4.72. The number of hydrogen-bond acceptors (Lipinski definition) is 1. The summed E-state index contributed by atoms with van der Waals surface area (Å²) < 4.78 is 0. The van der Waals surface area contributed by atoms with Gasteiger partial charge in [-0.25, -0.2) is 0 Å². The Morgan fingerprint density at radius 1 is 1.11 bits per heavy atom. The lowest BCUT2D eigenvalue weighted by molar-refractivity contribution is -0.115. The van der Waals surface area contributed by atoms with Crippen LogP contribution in [0.3, 0.4) is 0 Å². The molecule has 1 aromatic carbocycles. The molecule has 0 heterocycles. The van der Waals surface area contributed by atoms with Gasteiger partial charge in [0.25, 0.3) is 0 Å². The van der Waals surface area contributed by atoms with Gasteiger partial charge < -0.3 is 0 Å². The van der Waals surface area contributed by atoms with Gasteiger partial charge in [0.05, 0.1) is 0 Å². The number of aryl methyl sites for hydroxylation is 2. The van der Waals surface area contributed by atoms with Gasteiger partial charge in [-0.3, -0.25) is 4.79 Å². The summed E-state index contributed by atoms with van der Waals surface area (Å²) in [7, 11) is 0. The number of rotatable bonds is 3. The molecular formula is C18H24O. The zero-order valence-electron chi connectivity index (χ0n) is 12.2. The average molecular weight is 256 g/mol. The Balaban J connectivity index is 2.09. The van der Waals surface area contributed by atoms with Crippen molar-refractivity contribution in [3.05, 3.63) is 46.5 Å². The van der Waals surface area contributed by atoms with Crippen LogP contribution in [0.25, 0.3) is 0 Å². The van der Waals surface area contributed by atoms with Crippen molar-refractivity contribution in [3.8, 4) is 0 Å². The SMILES string of the molecule is Cc1ccc(C)c(CC(=O)/C2=C/CCCCCC2)c1. The molecule has 1 aliphatic carbocycles. The van der Waals surface area contributed by atoms with Crippen LogP contribution in [0.4, 0.5) is 0 Å². The topological polar surface area (TPSA) is 17.1 Å². The summed E-state index contributed by atoms with van der Waals surface area (Å²) in [4.78, 5) is 12.4. The van der Waals surface area contributed by atoms with Crippen LogP contribution < -0.4 is 0 Å². The fraction of sp³-hybridized carbons (Fsp3) is 0.500. The standard InChI is InChI=1S/C18H24O/c1-14-10-11-15(2)17(12-14)13-18(19)16-8-6-4-3-5-7-9-16/h8,10-12H,3-7,9,13H2,1-2H3/b16-8+. The molecule has 19 heavy (non-hydrogen) atoms. The second-order valence-corrected chi connectivity index (χ2v) is 5.71. The fourth-order valence-electron chi connectivity index (χ4n) is 2.72. The molecule has 1 heteroatoms. The highest BCUT2D eigenvalue weighted by Crippen LogP contribution is 2.20. The first-order valence-electron chi connectivity index (χ1n) is 7.45. The van der Waals surface area contributed by atoms with Gasteiger partial charge in [-0.1, -0.05) is 42.7 Å². The summed E-state index contributed by atoms with van der Waals surface area (Å²) in [6.07, 6.45) is 9.80. The Hall–Kier alpha value is -1.37. The van der Waals surface area contributed by atoms with Crippen LogP contribution in [-0.4, -0.2) is 5.78 Å². The lowest BCUT2D eigenvalue weighted by atomic mass is 9.92. The molecule has 0 spiro atoms. The van der Waals surface area contributed by atoms with Crippen LogP contribution in [0.1, 0.15) is 55.2 Å². The van der Waals surface area contributed by atoms with Crippen molar-refractivity contribution in [1.29, 1.82) is 0 Å². The minimum Gasteiger partial charge on any atom is -0.294 e. The Bertz CT molecular complexity index is 482. The second-order valence-electron chi connectivity index (χ2n) is 5.71. The quantitative estimate of drug-likeness (QED) is 0.766. The predicted molar refractivity (Wildman–Crippen MR) is 80.4 cm³/mol. The van der Waals surface area contributed by atoms with Crippen LogP contribution >= 0.6 is 0 Å². The van der Waals surface area contributed by atoms with E-state index in [9.17, 15) is 4.79 Å². The van der Waals surface area contributed by atoms with Crippen molar-refractivity contribution in [3.63, 3.8) is 0 Å².